The van der Waals surface area contributed by atoms with Gasteiger partial charge in [0.2, 0.25) is 0 Å². The molecule has 4 nitrogen and oxygen atoms in total. The molecule has 166 valence electrons. The maximum absolute atomic E-state index is 12.2. The number of aliphatic hydroxyl groups is 1. The van der Waals surface area contributed by atoms with Crippen molar-refractivity contribution >= 4 is 17.7 Å². The molecule has 4 heteroatoms. The Bertz CT molecular complexity index is 1130. The van der Waals surface area contributed by atoms with Crippen LogP contribution >= 0.6 is 0 Å². The van der Waals surface area contributed by atoms with Gasteiger partial charge in [-0.05, 0) is 48.7 Å². The van der Waals surface area contributed by atoms with Gasteiger partial charge in [0.05, 0.1) is 6.61 Å². The zero-order valence-corrected chi connectivity index (χ0v) is 19.0. The predicted molar refractivity (Wildman–Crippen MR) is 133 cm³/mol. The van der Waals surface area contributed by atoms with Crippen LogP contribution in [0.4, 0.5) is 0 Å². The number of hydrogen-bond donors (Lipinski definition) is 1. The fourth-order valence-electron chi connectivity index (χ4n) is 3.82. The Labute approximate surface area is 190 Å². The fourth-order valence-corrected chi connectivity index (χ4v) is 3.82. The van der Waals surface area contributed by atoms with E-state index in [1.165, 1.54) is 5.56 Å². The van der Waals surface area contributed by atoms with Gasteiger partial charge in [0, 0.05) is 30.3 Å². The molecular formula is C28H31NO3. The van der Waals surface area contributed by atoms with E-state index >= 15 is 0 Å². The van der Waals surface area contributed by atoms with Crippen molar-refractivity contribution in [3.05, 3.63) is 99.6 Å². The van der Waals surface area contributed by atoms with Crippen molar-refractivity contribution in [1.82, 2.24) is 4.90 Å². The molecule has 0 bridgehead atoms. The summed E-state index contributed by atoms with van der Waals surface area (Å²) >= 11 is 0. The molecule has 0 aliphatic rings. The van der Waals surface area contributed by atoms with Crippen LogP contribution in [-0.4, -0.2) is 29.7 Å². The Balaban J connectivity index is 1.99. The summed E-state index contributed by atoms with van der Waals surface area (Å²) in [5.74, 6) is 0.562. The molecule has 3 rings (SSSR count). The quantitative estimate of drug-likeness (QED) is 0.473. The molecule has 0 amide bonds. The van der Waals surface area contributed by atoms with Crippen LogP contribution in [0.3, 0.4) is 0 Å². The van der Waals surface area contributed by atoms with Crippen LogP contribution in [0.15, 0.2) is 76.0 Å². The maximum Gasteiger partial charge on any atom is 0.336 e. The second-order valence-electron chi connectivity index (χ2n) is 7.75. The highest BCUT2D eigenvalue weighted by Crippen LogP contribution is 2.32. The zero-order chi connectivity index (χ0) is 22.9. The topological polar surface area (TPSA) is 53.7 Å². The van der Waals surface area contributed by atoms with Crippen LogP contribution in [-0.2, 0) is 6.54 Å². The highest BCUT2D eigenvalue weighted by atomic mass is 16.4. The minimum absolute atomic E-state index is 0.166. The van der Waals surface area contributed by atoms with Gasteiger partial charge in [-0.3, -0.25) is 4.90 Å². The maximum atomic E-state index is 12.2. The van der Waals surface area contributed by atoms with Crippen LogP contribution in [0.1, 0.15) is 43.2 Å². The van der Waals surface area contributed by atoms with E-state index in [2.05, 4.69) is 42.2 Å². The third kappa shape index (κ3) is 5.94. The van der Waals surface area contributed by atoms with Gasteiger partial charge >= 0.3 is 5.63 Å². The molecule has 0 saturated heterocycles. The summed E-state index contributed by atoms with van der Waals surface area (Å²) in [5.41, 5.74) is 5.70. The lowest BCUT2D eigenvalue weighted by molar-refractivity contribution is 0.197. The number of rotatable bonds is 9. The number of aliphatic hydroxyl groups excluding tert-OH is 1. The van der Waals surface area contributed by atoms with E-state index in [9.17, 15) is 9.90 Å². The summed E-state index contributed by atoms with van der Waals surface area (Å²) in [7, 11) is 0. The Morgan fingerprint density at radius 1 is 1.09 bits per heavy atom. The molecular weight excluding hydrogens is 398 g/mol. The van der Waals surface area contributed by atoms with Crippen molar-refractivity contribution in [1.29, 1.82) is 0 Å². The van der Waals surface area contributed by atoms with E-state index in [1.54, 1.807) is 6.07 Å². The normalized spacial score (nSPS) is 12.1. The van der Waals surface area contributed by atoms with Gasteiger partial charge in [-0.1, -0.05) is 73.7 Å². The Morgan fingerprint density at radius 2 is 1.81 bits per heavy atom. The van der Waals surface area contributed by atoms with E-state index in [1.807, 2.05) is 56.3 Å². The van der Waals surface area contributed by atoms with E-state index in [0.29, 0.717) is 12.3 Å². The first-order valence-electron chi connectivity index (χ1n) is 11.0. The summed E-state index contributed by atoms with van der Waals surface area (Å²) in [6, 6.07) is 19.9. The van der Waals surface area contributed by atoms with E-state index in [4.69, 9.17) is 4.42 Å². The second-order valence-corrected chi connectivity index (χ2v) is 7.75. The van der Waals surface area contributed by atoms with Gasteiger partial charge < -0.3 is 9.52 Å². The van der Waals surface area contributed by atoms with Crippen LogP contribution in [0, 0.1) is 0 Å². The third-order valence-corrected chi connectivity index (χ3v) is 5.42. The van der Waals surface area contributed by atoms with Gasteiger partial charge in [-0.25, -0.2) is 4.79 Å². The van der Waals surface area contributed by atoms with Gasteiger partial charge in [-0.15, -0.1) is 0 Å². The van der Waals surface area contributed by atoms with Crippen molar-refractivity contribution in [3.8, 4) is 11.1 Å². The number of nitrogens with zero attached hydrogens (tertiary/aromatic N) is 1. The first kappa shape index (κ1) is 23.5. The van der Waals surface area contributed by atoms with E-state index in [-0.39, 0.29) is 12.2 Å². The first-order valence-corrected chi connectivity index (χ1v) is 11.0. The Kier molecular flexibility index (Phi) is 8.37. The molecule has 1 N–H and O–H groups in total. The van der Waals surface area contributed by atoms with Crippen LogP contribution < -0.4 is 5.63 Å². The molecule has 0 saturated carbocycles. The molecule has 1 heterocycles. The second kappa shape index (κ2) is 11.4. The van der Waals surface area contributed by atoms with Crippen molar-refractivity contribution < 1.29 is 9.52 Å². The monoisotopic (exact) mass is 429 g/mol. The molecule has 0 aliphatic carbocycles. The van der Waals surface area contributed by atoms with Crippen molar-refractivity contribution in [2.24, 2.45) is 0 Å². The highest BCUT2D eigenvalue weighted by Gasteiger charge is 2.15. The standard InChI is InChI=1S/C28H31NO3/c1-4-9-26-28(25(19-27(31)32-26)24-10-7-6-8-11-24)21(3)18-22-12-14-23(15-13-22)20-29(5-2)16-17-30/h4,6-15,18-19,30H,5,16-17,20H2,1-3H3/b9-4+,21-18+. The van der Waals surface area contributed by atoms with Crippen molar-refractivity contribution in [2.45, 2.75) is 27.3 Å². The SMILES string of the molecule is C/C=C/c1oc(=O)cc(-c2ccccc2)c1/C(C)=C/c1ccc(CN(CC)CCO)cc1. The van der Waals surface area contributed by atoms with Crippen LogP contribution in [0.5, 0.6) is 0 Å². The van der Waals surface area contributed by atoms with Crippen molar-refractivity contribution in [3.63, 3.8) is 0 Å². The van der Waals surface area contributed by atoms with Crippen LogP contribution in [0.2, 0.25) is 0 Å². The number of hydrogen-bond acceptors (Lipinski definition) is 4. The average Bonchev–Trinajstić information content (AvgIpc) is 2.80. The summed E-state index contributed by atoms with van der Waals surface area (Å²) in [5, 5.41) is 9.20. The minimum atomic E-state index is -0.360. The molecule has 0 atom stereocenters. The summed E-state index contributed by atoms with van der Waals surface area (Å²) in [6.45, 7) is 8.60. The lowest BCUT2D eigenvalue weighted by Crippen LogP contribution is -2.25. The van der Waals surface area contributed by atoms with Gasteiger partial charge in [0.15, 0.2) is 0 Å². The Morgan fingerprint density at radius 3 is 2.44 bits per heavy atom. The van der Waals surface area contributed by atoms with E-state index < -0.39 is 0 Å². The van der Waals surface area contributed by atoms with Gasteiger partial charge in [-0.2, -0.15) is 0 Å². The third-order valence-electron chi connectivity index (χ3n) is 5.42. The number of allylic oxidation sites excluding steroid dienone is 2. The lowest BCUT2D eigenvalue weighted by atomic mass is 9.93. The molecule has 0 radical (unpaired) electrons. The average molecular weight is 430 g/mol. The first-order chi connectivity index (χ1) is 15.5. The van der Waals surface area contributed by atoms with Gasteiger partial charge in [0.25, 0.3) is 0 Å². The fraction of sp³-hybridized carbons (Fsp3) is 0.250. The van der Waals surface area contributed by atoms with Crippen molar-refractivity contribution in [2.75, 3.05) is 19.7 Å². The summed E-state index contributed by atoms with van der Waals surface area (Å²) in [6.07, 6.45) is 5.83. The molecule has 2 aromatic carbocycles. The summed E-state index contributed by atoms with van der Waals surface area (Å²) in [4.78, 5) is 14.5. The molecule has 0 unspecified atom stereocenters. The minimum Gasteiger partial charge on any atom is -0.423 e. The van der Waals surface area contributed by atoms with Gasteiger partial charge in [0.1, 0.15) is 5.76 Å². The largest absolute Gasteiger partial charge is 0.423 e. The van der Waals surface area contributed by atoms with E-state index in [0.717, 1.165) is 40.9 Å². The molecule has 0 spiro atoms. The van der Waals surface area contributed by atoms with Crippen LogP contribution in [0.25, 0.3) is 28.9 Å². The number of benzene rings is 2. The highest BCUT2D eigenvalue weighted by molar-refractivity contribution is 5.90. The molecule has 1 aromatic heterocycles. The molecule has 0 fully saturated rings. The predicted octanol–water partition coefficient (Wildman–Crippen LogP) is 5.71. The summed E-state index contributed by atoms with van der Waals surface area (Å²) < 4.78 is 5.56. The Hall–Kier alpha value is -3.21. The smallest absolute Gasteiger partial charge is 0.336 e. The molecule has 3 aromatic rings. The molecule has 32 heavy (non-hydrogen) atoms. The number of likely N-dealkylation sites (N-methyl/N-ethyl adjacent to an activating group) is 1. The lowest BCUT2D eigenvalue weighted by Gasteiger charge is -2.19. The molecule has 0 aliphatic heterocycles. The zero-order valence-electron chi connectivity index (χ0n) is 19.0.